The number of nitrogens with one attached hydrogen (secondary N) is 1. The van der Waals surface area contributed by atoms with Gasteiger partial charge in [0.25, 0.3) is 5.91 Å². The van der Waals surface area contributed by atoms with Gasteiger partial charge in [0.15, 0.2) is 11.5 Å². The third-order valence-corrected chi connectivity index (χ3v) is 4.09. The normalized spacial score (nSPS) is 10.7. The van der Waals surface area contributed by atoms with Crippen molar-refractivity contribution in [3.63, 3.8) is 0 Å². The first-order valence-electron chi connectivity index (χ1n) is 6.87. The van der Waals surface area contributed by atoms with Crippen molar-refractivity contribution in [1.29, 1.82) is 0 Å². The Morgan fingerprint density at radius 3 is 2.96 bits per heavy atom. The fourth-order valence-corrected chi connectivity index (χ4v) is 2.72. The van der Waals surface area contributed by atoms with Crippen LogP contribution in [0.4, 0.5) is 10.2 Å². The molecule has 6 nitrogen and oxygen atoms in total. The van der Waals surface area contributed by atoms with Crippen molar-refractivity contribution in [2.45, 2.75) is 13.1 Å². The largest absolute Gasteiger partial charge is 0.382 e. The van der Waals surface area contributed by atoms with Crippen molar-refractivity contribution >= 4 is 23.1 Å². The summed E-state index contributed by atoms with van der Waals surface area (Å²) in [7, 11) is 0. The van der Waals surface area contributed by atoms with Crippen molar-refractivity contribution < 1.29 is 9.18 Å². The fourth-order valence-electron chi connectivity index (χ4n) is 2.07. The molecule has 0 aliphatic carbocycles. The van der Waals surface area contributed by atoms with Crippen LogP contribution in [0.2, 0.25) is 0 Å². The van der Waals surface area contributed by atoms with E-state index < -0.39 is 0 Å². The molecule has 118 valence electrons. The second kappa shape index (κ2) is 6.57. The molecule has 2 heterocycles. The van der Waals surface area contributed by atoms with Gasteiger partial charge in [0.2, 0.25) is 0 Å². The molecule has 0 radical (unpaired) electrons. The summed E-state index contributed by atoms with van der Waals surface area (Å²) in [6, 6.07) is 9.94. The summed E-state index contributed by atoms with van der Waals surface area (Å²) in [5, 5.41) is 12.4. The lowest BCUT2D eigenvalue weighted by Gasteiger charge is -2.04. The van der Waals surface area contributed by atoms with Gasteiger partial charge in [-0.25, -0.2) is 9.07 Å². The zero-order chi connectivity index (χ0) is 16.2. The Bertz CT molecular complexity index is 815. The van der Waals surface area contributed by atoms with E-state index in [2.05, 4.69) is 15.6 Å². The van der Waals surface area contributed by atoms with Gasteiger partial charge in [-0.05, 0) is 29.1 Å². The minimum absolute atomic E-state index is 0.0676. The van der Waals surface area contributed by atoms with Crippen LogP contribution in [0.15, 0.2) is 41.8 Å². The van der Waals surface area contributed by atoms with Gasteiger partial charge in [-0.15, -0.1) is 16.4 Å². The molecule has 0 unspecified atom stereocenters. The number of amides is 1. The Kier molecular flexibility index (Phi) is 4.33. The van der Waals surface area contributed by atoms with Gasteiger partial charge >= 0.3 is 0 Å². The molecule has 8 heteroatoms. The maximum atomic E-state index is 13.2. The Labute approximate surface area is 135 Å². The Morgan fingerprint density at radius 2 is 2.22 bits per heavy atom. The predicted octanol–water partition coefficient (Wildman–Crippen LogP) is 2.04. The van der Waals surface area contributed by atoms with Gasteiger partial charge in [-0.2, -0.15) is 0 Å². The summed E-state index contributed by atoms with van der Waals surface area (Å²) < 4.78 is 14.6. The third kappa shape index (κ3) is 3.54. The zero-order valence-corrected chi connectivity index (χ0v) is 12.9. The standard InChI is InChI=1S/C15H14FN5OS/c16-11-4-1-3-10(7-11)9-21-14(17)13(19-20-21)15(22)18-8-12-5-2-6-23-12/h1-7H,8-9,17H2,(H,18,22). The van der Waals surface area contributed by atoms with Crippen molar-refractivity contribution in [3.8, 4) is 0 Å². The summed E-state index contributed by atoms with van der Waals surface area (Å²) in [4.78, 5) is 13.1. The maximum Gasteiger partial charge on any atom is 0.276 e. The molecule has 1 aromatic carbocycles. The smallest absolute Gasteiger partial charge is 0.276 e. The number of hydrogen-bond donors (Lipinski definition) is 2. The van der Waals surface area contributed by atoms with Crippen molar-refractivity contribution in [3.05, 3.63) is 63.7 Å². The lowest BCUT2D eigenvalue weighted by atomic mass is 10.2. The second-order valence-corrected chi connectivity index (χ2v) is 5.91. The second-order valence-electron chi connectivity index (χ2n) is 4.87. The predicted molar refractivity (Wildman–Crippen MR) is 85.4 cm³/mol. The number of carbonyl (C=O) groups is 1. The van der Waals surface area contributed by atoms with Gasteiger partial charge in [0, 0.05) is 4.88 Å². The van der Waals surface area contributed by atoms with Crippen LogP contribution in [0.25, 0.3) is 0 Å². The molecule has 0 aliphatic heterocycles. The van der Waals surface area contributed by atoms with Crippen LogP contribution in [0.5, 0.6) is 0 Å². The van der Waals surface area contributed by atoms with E-state index in [1.54, 1.807) is 23.5 Å². The highest BCUT2D eigenvalue weighted by molar-refractivity contribution is 7.09. The van der Waals surface area contributed by atoms with Gasteiger partial charge in [0.05, 0.1) is 13.1 Å². The number of carbonyl (C=O) groups excluding carboxylic acids is 1. The van der Waals surface area contributed by atoms with Crippen molar-refractivity contribution in [1.82, 2.24) is 20.3 Å². The van der Waals surface area contributed by atoms with Gasteiger partial charge < -0.3 is 11.1 Å². The molecule has 3 N–H and O–H groups in total. The molecule has 3 aromatic rings. The van der Waals surface area contributed by atoms with E-state index in [1.807, 2.05) is 17.5 Å². The Balaban J connectivity index is 1.69. The summed E-state index contributed by atoms with van der Waals surface area (Å²) >= 11 is 1.55. The number of hydrogen-bond acceptors (Lipinski definition) is 5. The van der Waals surface area contributed by atoms with E-state index >= 15 is 0 Å². The van der Waals surface area contributed by atoms with Crippen LogP contribution in [0, 0.1) is 5.82 Å². The number of halogens is 1. The first kappa shape index (κ1) is 15.2. The van der Waals surface area contributed by atoms with Crippen LogP contribution >= 0.6 is 11.3 Å². The summed E-state index contributed by atoms with van der Waals surface area (Å²) in [5.41, 5.74) is 6.68. The zero-order valence-electron chi connectivity index (χ0n) is 12.1. The first-order valence-corrected chi connectivity index (χ1v) is 7.75. The van der Waals surface area contributed by atoms with E-state index in [1.165, 1.54) is 16.8 Å². The minimum atomic E-state index is -0.388. The SMILES string of the molecule is Nc1c(C(=O)NCc2cccs2)nnn1Cc1cccc(F)c1. The average molecular weight is 331 g/mol. The van der Waals surface area contributed by atoms with Crippen molar-refractivity contribution in [2.24, 2.45) is 0 Å². The number of rotatable bonds is 5. The minimum Gasteiger partial charge on any atom is -0.382 e. The molecule has 0 fully saturated rings. The van der Waals surface area contributed by atoms with Crippen LogP contribution in [-0.4, -0.2) is 20.9 Å². The fraction of sp³-hybridized carbons (Fsp3) is 0.133. The highest BCUT2D eigenvalue weighted by Crippen LogP contribution is 2.13. The molecule has 0 saturated carbocycles. The van der Waals surface area contributed by atoms with Gasteiger partial charge in [0.1, 0.15) is 5.82 Å². The van der Waals surface area contributed by atoms with E-state index in [0.717, 1.165) is 4.88 Å². The Morgan fingerprint density at radius 1 is 1.35 bits per heavy atom. The number of aromatic nitrogens is 3. The lowest BCUT2D eigenvalue weighted by molar-refractivity contribution is 0.0947. The monoisotopic (exact) mass is 331 g/mol. The number of anilines is 1. The summed E-state index contributed by atoms with van der Waals surface area (Å²) in [5.74, 6) is -0.575. The maximum absolute atomic E-state index is 13.2. The molecule has 3 rings (SSSR count). The van der Waals surface area contributed by atoms with Gasteiger partial charge in [-0.1, -0.05) is 23.4 Å². The molecular weight excluding hydrogens is 317 g/mol. The highest BCUT2D eigenvalue weighted by Gasteiger charge is 2.17. The van der Waals surface area contributed by atoms with Crippen LogP contribution in [0.1, 0.15) is 20.9 Å². The summed E-state index contributed by atoms with van der Waals surface area (Å²) in [6.45, 7) is 0.654. The molecule has 0 aliphatic rings. The number of nitrogen functional groups attached to an aromatic ring is 1. The quantitative estimate of drug-likeness (QED) is 0.749. The van der Waals surface area contributed by atoms with E-state index in [-0.39, 0.29) is 29.8 Å². The number of benzene rings is 1. The van der Waals surface area contributed by atoms with Crippen molar-refractivity contribution in [2.75, 3.05) is 5.73 Å². The average Bonchev–Trinajstić information content (AvgIpc) is 3.16. The molecule has 1 amide bonds. The van der Waals surface area contributed by atoms with E-state index in [0.29, 0.717) is 12.1 Å². The van der Waals surface area contributed by atoms with E-state index in [9.17, 15) is 9.18 Å². The number of nitrogens with two attached hydrogens (primary N) is 1. The first-order chi connectivity index (χ1) is 11.1. The molecular formula is C15H14FN5OS. The van der Waals surface area contributed by atoms with Crippen LogP contribution < -0.4 is 11.1 Å². The molecule has 0 atom stereocenters. The molecule has 23 heavy (non-hydrogen) atoms. The number of thiophene rings is 1. The summed E-state index contributed by atoms with van der Waals surface area (Å²) in [6.07, 6.45) is 0. The molecule has 0 saturated heterocycles. The lowest BCUT2D eigenvalue weighted by Crippen LogP contribution is -2.24. The molecule has 0 bridgehead atoms. The Hall–Kier alpha value is -2.74. The molecule has 2 aromatic heterocycles. The number of nitrogens with zero attached hydrogens (tertiary/aromatic N) is 3. The van der Waals surface area contributed by atoms with Crippen LogP contribution in [-0.2, 0) is 13.1 Å². The highest BCUT2D eigenvalue weighted by atomic mass is 32.1. The topological polar surface area (TPSA) is 85.8 Å². The van der Waals surface area contributed by atoms with E-state index in [4.69, 9.17) is 5.73 Å². The molecule has 0 spiro atoms. The third-order valence-electron chi connectivity index (χ3n) is 3.21. The van der Waals surface area contributed by atoms with Crippen LogP contribution in [0.3, 0.4) is 0 Å². The van der Waals surface area contributed by atoms with Gasteiger partial charge in [-0.3, -0.25) is 4.79 Å².